The highest BCUT2D eigenvalue weighted by molar-refractivity contribution is 5.90. The zero-order valence-electron chi connectivity index (χ0n) is 21.8. The van der Waals surface area contributed by atoms with Gasteiger partial charge in [0.15, 0.2) is 0 Å². The first kappa shape index (κ1) is 23.9. The number of aryl methyl sites for hydroxylation is 1. The van der Waals surface area contributed by atoms with Crippen LogP contribution in [-0.4, -0.2) is 24.1 Å². The Labute approximate surface area is 228 Å². The molecular formula is C35H30O4. The van der Waals surface area contributed by atoms with E-state index < -0.39 is 12.2 Å². The number of hydrogen-bond donors (Lipinski definition) is 0. The quantitative estimate of drug-likeness (QED) is 0.269. The largest absolute Gasteiger partial charge is 0.455 e. The van der Waals surface area contributed by atoms with E-state index in [1.54, 1.807) is 24.3 Å². The summed E-state index contributed by atoms with van der Waals surface area (Å²) >= 11 is 0. The van der Waals surface area contributed by atoms with E-state index in [1.807, 2.05) is 42.5 Å². The van der Waals surface area contributed by atoms with E-state index in [4.69, 9.17) is 9.47 Å². The molecule has 39 heavy (non-hydrogen) atoms. The number of carbonyl (C=O) groups excluding carboxylic acids is 2. The molecule has 0 N–H and O–H groups in total. The number of carbonyl (C=O) groups is 2. The molecule has 0 heterocycles. The third-order valence-electron chi connectivity index (χ3n) is 9.10. The van der Waals surface area contributed by atoms with Gasteiger partial charge in [-0.05, 0) is 83.7 Å². The Balaban J connectivity index is 1.24. The lowest BCUT2D eigenvalue weighted by Crippen LogP contribution is -2.45. The average Bonchev–Trinajstić information content (AvgIpc) is 3.65. The molecule has 4 heteroatoms. The summed E-state index contributed by atoms with van der Waals surface area (Å²) in [5, 5.41) is 0. The molecule has 7 rings (SSSR count). The van der Waals surface area contributed by atoms with Gasteiger partial charge in [0.25, 0.3) is 0 Å². The second-order valence-electron chi connectivity index (χ2n) is 11.2. The van der Waals surface area contributed by atoms with Crippen molar-refractivity contribution in [1.29, 1.82) is 0 Å². The standard InChI is InChI=1S/C35H30O4/c1-21-17-25(22-11-5-2-6-12-22)18-27-26(21)19-28-29-20-30(31(27)28)33(39-35(37)24-15-9-4-10-16-24)32(29)38-34(36)23-13-7-3-8-14-23/h2-18,28-33H,19-20H2,1H3. The molecule has 6 unspecified atom stereocenters. The number of rotatable bonds is 5. The van der Waals surface area contributed by atoms with Gasteiger partial charge in [0, 0.05) is 11.8 Å². The van der Waals surface area contributed by atoms with Gasteiger partial charge in [0.05, 0.1) is 11.1 Å². The van der Waals surface area contributed by atoms with Crippen LogP contribution in [0.2, 0.25) is 0 Å². The Bertz CT molecular complexity index is 1530. The van der Waals surface area contributed by atoms with E-state index in [2.05, 4.69) is 43.3 Å². The summed E-state index contributed by atoms with van der Waals surface area (Å²) in [6.45, 7) is 2.20. The minimum absolute atomic E-state index is 0.105. The van der Waals surface area contributed by atoms with Gasteiger partial charge >= 0.3 is 11.9 Å². The van der Waals surface area contributed by atoms with Crippen molar-refractivity contribution < 1.29 is 19.1 Å². The lowest BCUT2D eigenvalue weighted by atomic mass is 9.76. The maximum absolute atomic E-state index is 13.2. The Kier molecular flexibility index (Phi) is 5.84. The first-order chi connectivity index (χ1) is 19.1. The number of fused-ring (bicyclic) bond motifs is 7. The van der Waals surface area contributed by atoms with Crippen molar-refractivity contribution >= 4 is 11.9 Å². The van der Waals surface area contributed by atoms with Crippen LogP contribution in [0.5, 0.6) is 0 Å². The van der Waals surface area contributed by atoms with E-state index in [9.17, 15) is 9.59 Å². The summed E-state index contributed by atoms with van der Waals surface area (Å²) in [4.78, 5) is 26.4. The van der Waals surface area contributed by atoms with Crippen molar-refractivity contribution in [1.82, 2.24) is 0 Å². The number of esters is 2. The van der Waals surface area contributed by atoms with Crippen LogP contribution in [0.1, 0.15) is 49.7 Å². The first-order valence-electron chi connectivity index (χ1n) is 13.8. The normalized spacial score (nSPS) is 26.1. The van der Waals surface area contributed by atoms with Crippen molar-refractivity contribution in [3.63, 3.8) is 0 Å². The summed E-state index contributed by atoms with van der Waals surface area (Å²) in [6, 6.07) is 33.3. The maximum Gasteiger partial charge on any atom is 0.338 e. The molecule has 3 aliphatic carbocycles. The van der Waals surface area contributed by atoms with Gasteiger partial charge < -0.3 is 9.47 Å². The number of ether oxygens (including phenoxy) is 2. The van der Waals surface area contributed by atoms with Crippen molar-refractivity contribution in [3.05, 3.63) is 131 Å². The fourth-order valence-corrected chi connectivity index (χ4v) is 7.46. The lowest BCUT2D eigenvalue weighted by Gasteiger charge is -2.37. The van der Waals surface area contributed by atoms with E-state index in [-0.39, 0.29) is 29.7 Å². The molecule has 4 aromatic rings. The Morgan fingerprint density at radius 2 is 1.18 bits per heavy atom. The average molecular weight is 515 g/mol. The minimum Gasteiger partial charge on any atom is -0.455 e. The highest BCUT2D eigenvalue weighted by Crippen LogP contribution is 2.63. The molecule has 0 saturated heterocycles. The highest BCUT2D eigenvalue weighted by Gasteiger charge is 2.63. The van der Waals surface area contributed by atoms with Crippen molar-refractivity contribution in [2.45, 2.75) is 37.9 Å². The third kappa shape index (κ3) is 4.06. The molecule has 3 aliphatic rings. The van der Waals surface area contributed by atoms with Gasteiger partial charge in [-0.1, -0.05) is 78.9 Å². The number of benzene rings is 4. The molecule has 4 nitrogen and oxygen atoms in total. The summed E-state index contributed by atoms with van der Waals surface area (Å²) in [5.41, 5.74) is 7.54. The molecule has 2 fully saturated rings. The molecule has 0 aromatic heterocycles. The summed E-state index contributed by atoms with van der Waals surface area (Å²) < 4.78 is 12.4. The van der Waals surface area contributed by atoms with Crippen LogP contribution in [0.3, 0.4) is 0 Å². The molecule has 0 aliphatic heterocycles. The van der Waals surface area contributed by atoms with Crippen molar-refractivity contribution in [3.8, 4) is 11.1 Å². The third-order valence-corrected chi connectivity index (χ3v) is 9.10. The summed E-state index contributed by atoms with van der Waals surface area (Å²) in [5.74, 6) is 0.185. The monoisotopic (exact) mass is 514 g/mol. The van der Waals surface area contributed by atoms with Crippen molar-refractivity contribution in [2.24, 2.45) is 17.8 Å². The predicted molar refractivity (Wildman–Crippen MR) is 149 cm³/mol. The number of hydrogen-bond acceptors (Lipinski definition) is 4. The van der Waals surface area contributed by atoms with E-state index in [0.717, 1.165) is 12.8 Å². The predicted octanol–water partition coefficient (Wildman–Crippen LogP) is 7.02. The minimum atomic E-state index is -0.483. The van der Waals surface area contributed by atoms with Crippen LogP contribution >= 0.6 is 0 Å². The van der Waals surface area contributed by atoms with Crippen LogP contribution in [-0.2, 0) is 15.9 Å². The topological polar surface area (TPSA) is 52.6 Å². The molecule has 2 saturated carbocycles. The van der Waals surface area contributed by atoms with E-state index in [0.29, 0.717) is 17.0 Å². The van der Waals surface area contributed by atoms with Crippen LogP contribution in [0.4, 0.5) is 0 Å². The first-order valence-corrected chi connectivity index (χ1v) is 13.8. The van der Waals surface area contributed by atoms with Crippen LogP contribution in [0.15, 0.2) is 103 Å². The van der Waals surface area contributed by atoms with E-state index in [1.165, 1.54) is 27.8 Å². The Morgan fingerprint density at radius 1 is 0.641 bits per heavy atom. The SMILES string of the molecule is Cc1cc(-c2ccccc2)cc2c1CC1C3CC(C(OC(=O)c4ccccc4)C3OC(=O)c3ccccc3)C21. The lowest BCUT2D eigenvalue weighted by molar-refractivity contribution is -0.0698. The second-order valence-corrected chi connectivity index (χ2v) is 11.2. The molecular weight excluding hydrogens is 484 g/mol. The van der Waals surface area contributed by atoms with Gasteiger partial charge in [0.2, 0.25) is 0 Å². The molecule has 194 valence electrons. The van der Waals surface area contributed by atoms with Crippen LogP contribution in [0, 0.1) is 24.7 Å². The molecule has 0 amide bonds. The molecule has 4 aromatic carbocycles. The van der Waals surface area contributed by atoms with E-state index >= 15 is 0 Å². The maximum atomic E-state index is 13.2. The highest BCUT2D eigenvalue weighted by atomic mass is 16.6. The van der Waals surface area contributed by atoms with Crippen molar-refractivity contribution in [2.75, 3.05) is 0 Å². The van der Waals surface area contributed by atoms with Gasteiger partial charge in [-0.2, -0.15) is 0 Å². The van der Waals surface area contributed by atoms with Gasteiger partial charge in [-0.15, -0.1) is 0 Å². The van der Waals surface area contributed by atoms with Crippen LogP contribution < -0.4 is 0 Å². The summed E-state index contributed by atoms with van der Waals surface area (Å²) in [7, 11) is 0. The molecule has 0 radical (unpaired) electrons. The van der Waals surface area contributed by atoms with Gasteiger partial charge in [0.1, 0.15) is 12.2 Å². The Morgan fingerprint density at radius 3 is 1.77 bits per heavy atom. The fourth-order valence-electron chi connectivity index (χ4n) is 7.46. The molecule has 0 spiro atoms. The fraction of sp³-hybridized carbons (Fsp3) is 0.257. The smallest absolute Gasteiger partial charge is 0.338 e. The second kappa shape index (κ2) is 9.53. The summed E-state index contributed by atoms with van der Waals surface area (Å²) in [6.07, 6.45) is 0.923. The zero-order chi connectivity index (χ0) is 26.5. The molecule has 6 atom stereocenters. The van der Waals surface area contributed by atoms with Crippen LogP contribution in [0.25, 0.3) is 11.1 Å². The van der Waals surface area contributed by atoms with Gasteiger partial charge in [-0.25, -0.2) is 9.59 Å². The molecule has 2 bridgehead atoms. The zero-order valence-corrected chi connectivity index (χ0v) is 21.8. The van der Waals surface area contributed by atoms with Gasteiger partial charge in [-0.3, -0.25) is 0 Å². The Hall–Kier alpha value is -4.18.